The van der Waals surface area contributed by atoms with Crippen LogP contribution in [0.25, 0.3) is 11.1 Å². The normalized spacial score (nSPS) is 14.4. The fourth-order valence-corrected chi connectivity index (χ4v) is 7.56. The average Bonchev–Trinajstić information content (AvgIpc) is 3.73. The second-order valence-corrected chi connectivity index (χ2v) is 14.2. The molecule has 6 rings (SSSR count). The van der Waals surface area contributed by atoms with Gasteiger partial charge in [0.15, 0.2) is 16.8 Å². The lowest BCUT2D eigenvalue weighted by atomic mass is 9.98. The number of nitrogens with zero attached hydrogens (tertiary/aromatic N) is 5. The first-order valence-corrected chi connectivity index (χ1v) is 18.6. The number of likely N-dealkylation sites (tertiary alicyclic amines) is 1. The monoisotopic (exact) mass is 744 g/mol. The van der Waals surface area contributed by atoms with E-state index in [9.17, 15) is 22.8 Å². The zero-order valence-corrected chi connectivity index (χ0v) is 30.6. The van der Waals surface area contributed by atoms with Gasteiger partial charge in [-0.3, -0.25) is 14.7 Å². The van der Waals surface area contributed by atoms with Crippen LogP contribution in [-0.2, 0) is 35.0 Å². The number of hydrogen-bond acceptors (Lipinski definition) is 7. The summed E-state index contributed by atoms with van der Waals surface area (Å²) in [5.41, 5.74) is 4.36. The van der Waals surface area contributed by atoms with Crippen molar-refractivity contribution < 1.29 is 22.7 Å². The Bertz CT molecular complexity index is 2020. The Morgan fingerprint density at radius 1 is 1.04 bits per heavy atom. The Morgan fingerprint density at radius 2 is 1.74 bits per heavy atom. The number of ether oxygens (including phenoxy) is 1. The quantitative estimate of drug-likeness (QED) is 0.0915. The van der Waals surface area contributed by atoms with Crippen LogP contribution in [0.2, 0.25) is 0 Å². The number of halogens is 3. The first-order valence-electron chi connectivity index (χ1n) is 17.6. The molecule has 1 amide bonds. The largest absolute Gasteiger partial charge is 0.383 e. The van der Waals surface area contributed by atoms with Gasteiger partial charge in [0.25, 0.3) is 5.56 Å². The highest BCUT2D eigenvalue weighted by molar-refractivity contribution is 7.98. The minimum absolute atomic E-state index is 0.00730. The third-order valence-electron chi connectivity index (χ3n) is 9.84. The van der Waals surface area contributed by atoms with Crippen LogP contribution in [0.1, 0.15) is 53.5 Å². The molecular weight excluding hydrogens is 702 g/mol. The lowest BCUT2D eigenvalue weighted by Crippen LogP contribution is -2.48. The molecule has 9 nitrogen and oxygen atoms in total. The standard InChI is InChI=1S/C40H43F3N6O3S/c1-27(33-21-44-45-22-33)35-24-48(40(46-39(35)51)53-26-32-4-3-5-36(42)38(32)43)25-37(50)49(34-14-16-47(17-15-34)18-19-52-2)23-29-8-12-31(13-9-29)30-10-6-28(20-41)7-11-30/h3-13,21-22,24,27,34H,14-20,23,25-26H2,1-2H3,(H,44,45). The minimum Gasteiger partial charge on any atom is -0.383 e. The molecule has 0 spiro atoms. The van der Waals surface area contributed by atoms with Crippen molar-refractivity contribution in [2.24, 2.45) is 0 Å². The number of methoxy groups -OCH3 is 1. The number of aromatic amines is 1. The molecule has 1 saturated heterocycles. The summed E-state index contributed by atoms with van der Waals surface area (Å²) in [4.78, 5) is 36.6. The highest BCUT2D eigenvalue weighted by Crippen LogP contribution is 2.28. The van der Waals surface area contributed by atoms with E-state index in [0.717, 1.165) is 72.6 Å². The third kappa shape index (κ3) is 9.45. The minimum atomic E-state index is -0.959. The van der Waals surface area contributed by atoms with Gasteiger partial charge in [-0.2, -0.15) is 10.1 Å². The van der Waals surface area contributed by atoms with Crippen molar-refractivity contribution in [2.45, 2.75) is 62.4 Å². The maximum Gasteiger partial charge on any atom is 0.277 e. The molecule has 2 aromatic heterocycles. The third-order valence-corrected chi connectivity index (χ3v) is 10.9. The number of hydrogen-bond donors (Lipinski definition) is 1. The predicted molar refractivity (Wildman–Crippen MR) is 199 cm³/mol. The van der Waals surface area contributed by atoms with Crippen LogP contribution in [0.4, 0.5) is 13.2 Å². The molecule has 3 aromatic carbocycles. The Kier molecular flexibility index (Phi) is 12.8. The van der Waals surface area contributed by atoms with Gasteiger partial charge >= 0.3 is 0 Å². The lowest BCUT2D eigenvalue weighted by Gasteiger charge is -2.39. The van der Waals surface area contributed by atoms with Gasteiger partial charge in [0.05, 0.1) is 12.8 Å². The molecule has 0 radical (unpaired) electrons. The Labute approximate surface area is 311 Å². The van der Waals surface area contributed by atoms with Gasteiger partial charge in [-0.25, -0.2) is 13.2 Å². The predicted octanol–water partition coefficient (Wildman–Crippen LogP) is 6.96. The van der Waals surface area contributed by atoms with E-state index >= 15 is 0 Å². The van der Waals surface area contributed by atoms with Gasteiger partial charge in [-0.05, 0) is 46.7 Å². The van der Waals surface area contributed by atoms with Gasteiger partial charge in [0, 0.05) is 74.5 Å². The fourth-order valence-electron chi connectivity index (χ4n) is 6.62. The average molecular weight is 745 g/mol. The molecule has 0 saturated carbocycles. The van der Waals surface area contributed by atoms with Crippen LogP contribution >= 0.6 is 11.8 Å². The van der Waals surface area contributed by atoms with E-state index in [0.29, 0.717) is 24.3 Å². The number of aromatic nitrogens is 4. The van der Waals surface area contributed by atoms with Gasteiger partial charge in [0.2, 0.25) is 5.91 Å². The fraction of sp³-hybridized carbons (Fsp3) is 0.350. The number of piperidine rings is 1. The van der Waals surface area contributed by atoms with Gasteiger partial charge in [-0.15, -0.1) is 0 Å². The SMILES string of the molecule is COCCN1CCC(N(Cc2ccc(-c3ccc(CF)cc3)cc2)C(=O)Cn2cc(C(C)c3cn[nH]c3)c(=O)nc2SCc2cccc(F)c2F)CC1. The van der Waals surface area contributed by atoms with Crippen LogP contribution in [0.5, 0.6) is 0 Å². The molecule has 13 heteroatoms. The Morgan fingerprint density at radius 3 is 2.38 bits per heavy atom. The molecule has 278 valence electrons. The van der Waals surface area contributed by atoms with Crippen molar-refractivity contribution in [2.75, 3.05) is 33.4 Å². The van der Waals surface area contributed by atoms with Crippen molar-refractivity contribution >= 4 is 17.7 Å². The highest BCUT2D eigenvalue weighted by Gasteiger charge is 2.29. The van der Waals surface area contributed by atoms with Crippen molar-refractivity contribution in [3.8, 4) is 11.1 Å². The van der Waals surface area contributed by atoms with Crippen LogP contribution in [0, 0.1) is 11.6 Å². The Hall–Kier alpha value is -4.72. The van der Waals surface area contributed by atoms with Crippen LogP contribution in [-0.4, -0.2) is 74.8 Å². The topological polar surface area (TPSA) is 96.4 Å². The number of rotatable bonds is 15. The highest BCUT2D eigenvalue weighted by atomic mass is 32.2. The summed E-state index contributed by atoms with van der Waals surface area (Å²) in [5, 5.41) is 7.03. The van der Waals surface area contributed by atoms with Crippen LogP contribution < -0.4 is 5.56 Å². The number of alkyl halides is 1. The summed E-state index contributed by atoms with van der Waals surface area (Å²) in [6.45, 7) is 4.69. The summed E-state index contributed by atoms with van der Waals surface area (Å²) in [6.07, 6.45) is 6.56. The van der Waals surface area contributed by atoms with Crippen LogP contribution in [0.15, 0.2) is 95.3 Å². The molecule has 5 aromatic rings. The lowest BCUT2D eigenvalue weighted by molar-refractivity contribution is -0.136. The molecule has 1 atom stereocenters. The molecule has 1 aliphatic rings. The van der Waals surface area contributed by atoms with E-state index < -0.39 is 23.9 Å². The number of carbonyl (C=O) groups is 1. The molecule has 1 N–H and O–H groups in total. The van der Waals surface area contributed by atoms with E-state index in [1.807, 2.05) is 48.2 Å². The van der Waals surface area contributed by atoms with Crippen molar-refractivity contribution in [1.82, 2.24) is 29.5 Å². The van der Waals surface area contributed by atoms with Crippen molar-refractivity contribution in [1.29, 1.82) is 0 Å². The second kappa shape index (κ2) is 17.9. The number of thioether (sulfide) groups is 1. The molecule has 1 aliphatic heterocycles. The molecule has 1 fully saturated rings. The maximum atomic E-state index is 14.6. The molecule has 3 heterocycles. The zero-order chi connectivity index (χ0) is 37.3. The number of nitrogens with one attached hydrogen (secondary N) is 1. The molecular formula is C40H43F3N6O3S. The van der Waals surface area contributed by atoms with Gasteiger partial charge in [0.1, 0.15) is 13.2 Å². The second-order valence-electron chi connectivity index (χ2n) is 13.3. The zero-order valence-electron chi connectivity index (χ0n) is 29.8. The van der Waals surface area contributed by atoms with E-state index in [1.165, 1.54) is 12.1 Å². The van der Waals surface area contributed by atoms with E-state index in [1.54, 1.807) is 42.4 Å². The summed E-state index contributed by atoms with van der Waals surface area (Å²) >= 11 is 1.07. The van der Waals surface area contributed by atoms with Crippen molar-refractivity contribution in [3.63, 3.8) is 0 Å². The van der Waals surface area contributed by atoms with E-state index in [4.69, 9.17) is 4.74 Å². The number of carbonyl (C=O) groups excluding carboxylic acids is 1. The van der Waals surface area contributed by atoms with Crippen LogP contribution in [0.3, 0.4) is 0 Å². The van der Waals surface area contributed by atoms with Crippen molar-refractivity contribution in [3.05, 3.63) is 135 Å². The summed E-state index contributed by atoms with van der Waals surface area (Å²) < 4.78 is 48.7. The maximum absolute atomic E-state index is 14.6. The summed E-state index contributed by atoms with van der Waals surface area (Å²) in [5.74, 6) is -2.43. The smallest absolute Gasteiger partial charge is 0.277 e. The molecule has 1 unspecified atom stereocenters. The Balaban J connectivity index is 1.29. The number of benzene rings is 3. The van der Waals surface area contributed by atoms with Gasteiger partial charge < -0.3 is 19.1 Å². The summed E-state index contributed by atoms with van der Waals surface area (Å²) in [7, 11) is 1.69. The molecule has 0 aliphatic carbocycles. The first kappa shape index (κ1) is 38.0. The van der Waals surface area contributed by atoms with E-state index in [2.05, 4.69) is 20.1 Å². The first-order chi connectivity index (χ1) is 25.7. The number of amides is 1. The number of H-pyrrole nitrogens is 1. The van der Waals surface area contributed by atoms with E-state index in [-0.39, 0.29) is 40.9 Å². The molecule has 0 bridgehead atoms. The summed E-state index contributed by atoms with van der Waals surface area (Å²) in [6, 6.07) is 19.3. The van der Waals surface area contributed by atoms with Gasteiger partial charge in [-0.1, -0.05) is 79.3 Å². The molecule has 53 heavy (non-hydrogen) atoms.